The highest BCUT2D eigenvalue weighted by Gasteiger charge is 2.28. The van der Waals surface area contributed by atoms with Crippen LogP contribution in [0.25, 0.3) is 0 Å². The molecule has 0 amide bonds. The molecule has 0 radical (unpaired) electrons. The van der Waals surface area contributed by atoms with E-state index >= 15 is 0 Å². The number of para-hydroxylation sites is 1. The van der Waals surface area contributed by atoms with E-state index in [-0.39, 0.29) is 16.9 Å². The number of nitrogens with one attached hydrogen (secondary N) is 1. The fourth-order valence-electron chi connectivity index (χ4n) is 2.56. The van der Waals surface area contributed by atoms with Crippen molar-refractivity contribution in [3.63, 3.8) is 0 Å². The molecule has 3 rings (SSSR count). The summed E-state index contributed by atoms with van der Waals surface area (Å²) >= 11 is 5.82. The van der Waals surface area contributed by atoms with Gasteiger partial charge in [-0.2, -0.15) is 0 Å². The minimum absolute atomic E-state index is 0.112. The molecule has 27 heavy (non-hydrogen) atoms. The number of hydrogen-bond acceptors (Lipinski definition) is 5. The lowest BCUT2D eigenvalue weighted by molar-refractivity contribution is -0.385. The predicted octanol–water partition coefficient (Wildman–Crippen LogP) is 3.78. The summed E-state index contributed by atoms with van der Waals surface area (Å²) in [5.41, 5.74) is -1.46. The van der Waals surface area contributed by atoms with E-state index in [1.54, 1.807) is 31.2 Å². The number of ketones is 1. The van der Waals surface area contributed by atoms with Crippen molar-refractivity contribution in [1.29, 1.82) is 0 Å². The van der Waals surface area contributed by atoms with E-state index in [2.05, 4.69) is 5.10 Å². The van der Waals surface area contributed by atoms with Gasteiger partial charge in [-0.3, -0.25) is 24.4 Å². The summed E-state index contributed by atoms with van der Waals surface area (Å²) in [5, 5.41) is 14.8. The highest BCUT2D eigenvalue weighted by molar-refractivity contribution is 6.30. The number of carbonyl (C=O) groups is 1. The van der Waals surface area contributed by atoms with Crippen LogP contribution in [0.4, 0.5) is 5.69 Å². The van der Waals surface area contributed by atoms with E-state index in [0.29, 0.717) is 17.3 Å². The highest BCUT2D eigenvalue weighted by atomic mass is 35.5. The summed E-state index contributed by atoms with van der Waals surface area (Å²) in [6.45, 7) is 2.07. The lowest BCUT2D eigenvalue weighted by atomic mass is 10.0. The molecular formula is C18H14ClN3O5. The van der Waals surface area contributed by atoms with Crippen molar-refractivity contribution < 1.29 is 14.5 Å². The number of H-pyrrole nitrogens is 1. The Morgan fingerprint density at radius 1 is 1.22 bits per heavy atom. The van der Waals surface area contributed by atoms with Crippen LogP contribution in [0, 0.1) is 10.1 Å². The van der Waals surface area contributed by atoms with E-state index in [1.165, 1.54) is 29.1 Å². The Morgan fingerprint density at radius 2 is 1.93 bits per heavy atom. The van der Waals surface area contributed by atoms with Crippen LogP contribution in [0.2, 0.25) is 5.02 Å². The first-order chi connectivity index (χ1) is 12.9. The number of nitro groups is 1. The minimum atomic E-state index is -0.753. The number of nitrogens with zero attached hydrogens (tertiary/aromatic N) is 2. The molecule has 0 aliphatic heterocycles. The van der Waals surface area contributed by atoms with Crippen LogP contribution in [-0.4, -0.2) is 20.5 Å². The quantitative estimate of drug-likeness (QED) is 0.393. The predicted molar refractivity (Wildman–Crippen MR) is 98.8 cm³/mol. The number of hydrogen-bond donors (Lipinski definition) is 1. The topological polar surface area (TPSA) is 107 Å². The second kappa shape index (κ2) is 7.46. The van der Waals surface area contributed by atoms with Crippen molar-refractivity contribution >= 4 is 23.1 Å². The van der Waals surface area contributed by atoms with Gasteiger partial charge in [0.25, 0.3) is 5.56 Å². The molecule has 0 spiro atoms. The van der Waals surface area contributed by atoms with Crippen molar-refractivity contribution in [2.75, 3.05) is 0 Å². The van der Waals surface area contributed by atoms with Crippen molar-refractivity contribution in [1.82, 2.24) is 9.78 Å². The average molecular weight is 388 g/mol. The van der Waals surface area contributed by atoms with Gasteiger partial charge in [0.2, 0.25) is 11.5 Å². The third-order valence-electron chi connectivity index (χ3n) is 3.87. The van der Waals surface area contributed by atoms with Gasteiger partial charge in [0.1, 0.15) is 16.9 Å². The third-order valence-corrected chi connectivity index (χ3v) is 4.12. The molecule has 0 saturated heterocycles. The number of carbonyl (C=O) groups excluding carboxylic acids is 1. The van der Waals surface area contributed by atoms with E-state index < -0.39 is 22.0 Å². The van der Waals surface area contributed by atoms with Crippen molar-refractivity contribution in [3.8, 4) is 11.5 Å². The molecule has 0 unspecified atom stereocenters. The van der Waals surface area contributed by atoms with Crippen LogP contribution >= 0.6 is 11.6 Å². The van der Waals surface area contributed by atoms with Gasteiger partial charge in [0, 0.05) is 17.8 Å². The van der Waals surface area contributed by atoms with E-state index in [9.17, 15) is 19.7 Å². The zero-order valence-electron chi connectivity index (χ0n) is 14.1. The summed E-state index contributed by atoms with van der Waals surface area (Å²) in [6, 6.07) is 10.4. The van der Waals surface area contributed by atoms with Crippen LogP contribution in [0.5, 0.6) is 11.5 Å². The van der Waals surface area contributed by atoms with Gasteiger partial charge in [-0.25, -0.2) is 0 Å². The summed E-state index contributed by atoms with van der Waals surface area (Å²) in [4.78, 5) is 35.9. The number of halogens is 1. The lowest BCUT2D eigenvalue weighted by Gasteiger charge is -2.08. The van der Waals surface area contributed by atoms with Gasteiger partial charge in [-0.1, -0.05) is 17.7 Å². The largest absolute Gasteiger partial charge is 0.450 e. The first-order valence-electron chi connectivity index (χ1n) is 7.96. The Kier molecular flexibility index (Phi) is 5.09. The summed E-state index contributed by atoms with van der Waals surface area (Å²) in [6.07, 6.45) is 1.24. The second-order valence-corrected chi connectivity index (χ2v) is 5.97. The Morgan fingerprint density at radius 3 is 2.52 bits per heavy atom. The normalized spacial score (nSPS) is 10.6. The van der Waals surface area contributed by atoms with Crippen molar-refractivity contribution in [2.45, 2.75) is 13.5 Å². The van der Waals surface area contributed by atoms with Gasteiger partial charge in [-0.05, 0) is 43.3 Å². The molecule has 0 atom stereocenters. The smallest absolute Gasteiger partial charge is 0.322 e. The number of benzene rings is 2. The van der Waals surface area contributed by atoms with Crippen LogP contribution in [0.15, 0.2) is 53.5 Å². The standard InChI is InChI=1S/C18H14ClN3O5/c1-2-21-18(24)14(10-20-21)17(23)13-4-3-5-15(16(13)22(25)26)27-12-8-6-11(19)7-9-12/h3-10,20H,2H2,1H3. The van der Waals surface area contributed by atoms with Crippen LogP contribution in [-0.2, 0) is 6.54 Å². The number of rotatable bonds is 6. The maximum absolute atomic E-state index is 12.8. The molecule has 9 heteroatoms. The minimum Gasteiger partial charge on any atom is -0.450 e. The third kappa shape index (κ3) is 3.61. The van der Waals surface area contributed by atoms with E-state index in [4.69, 9.17) is 16.3 Å². The molecule has 1 aromatic heterocycles. The Hall–Kier alpha value is -3.39. The zero-order chi connectivity index (χ0) is 19.6. The summed E-state index contributed by atoms with van der Waals surface area (Å²) in [7, 11) is 0. The molecule has 0 saturated carbocycles. The fraction of sp³-hybridized carbons (Fsp3) is 0.111. The molecular weight excluding hydrogens is 374 g/mol. The van der Waals surface area contributed by atoms with Gasteiger partial charge >= 0.3 is 5.69 Å². The SMILES string of the molecule is CCn1[nH]cc(C(=O)c2cccc(Oc3ccc(Cl)cc3)c2[N+](=O)[O-])c1=O. The number of aromatic nitrogens is 2. The van der Waals surface area contributed by atoms with Gasteiger partial charge < -0.3 is 9.84 Å². The first-order valence-corrected chi connectivity index (χ1v) is 8.34. The lowest BCUT2D eigenvalue weighted by Crippen LogP contribution is -2.21. The molecule has 3 aromatic rings. The Balaban J connectivity index is 2.06. The molecule has 138 valence electrons. The van der Waals surface area contributed by atoms with Crippen molar-refractivity contribution in [2.24, 2.45) is 0 Å². The van der Waals surface area contributed by atoms with Gasteiger partial charge in [0.15, 0.2) is 0 Å². The zero-order valence-corrected chi connectivity index (χ0v) is 14.9. The molecule has 0 fully saturated rings. The number of aromatic amines is 1. The second-order valence-electron chi connectivity index (χ2n) is 5.53. The summed E-state index contributed by atoms with van der Waals surface area (Å²) in [5.74, 6) is -0.543. The van der Waals surface area contributed by atoms with Crippen LogP contribution < -0.4 is 10.3 Å². The molecule has 0 bridgehead atoms. The van der Waals surface area contributed by atoms with E-state index in [1.807, 2.05) is 0 Å². The molecule has 1 heterocycles. The summed E-state index contributed by atoms with van der Waals surface area (Å²) < 4.78 is 6.79. The number of aryl methyl sites for hydroxylation is 1. The average Bonchev–Trinajstić information content (AvgIpc) is 3.03. The van der Waals surface area contributed by atoms with Gasteiger partial charge in [-0.15, -0.1) is 0 Å². The van der Waals surface area contributed by atoms with Gasteiger partial charge in [0.05, 0.1) is 4.92 Å². The van der Waals surface area contributed by atoms with Crippen LogP contribution in [0.1, 0.15) is 22.8 Å². The Labute approximate surface area is 158 Å². The monoisotopic (exact) mass is 387 g/mol. The first kappa shape index (κ1) is 18.4. The number of nitro benzene ring substituents is 1. The highest BCUT2D eigenvalue weighted by Crippen LogP contribution is 2.35. The molecule has 8 nitrogen and oxygen atoms in total. The molecule has 2 aromatic carbocycles. The fourth-order valence-corrected chi connectivity index (χ4v) is 2.68. The molecule has 0 aliphatic rings. The molecule has 0 aliphatic carbocycles. The Bertz CT molecular complexity index is 1070. The maximum atomic E-state index is 12.8. The van der Waals surface area contributed by atoms with Crippen molar-refractivity contribution in [3.05, 3.63) is 85.3 Å². The van der Waals surface area contributed by atoms with Crippen LogP contribution in [0.3, 0.4) is 0 Å². The molecule has 1 N–H and O–H groups in total. The maximum Gasteiger partial charge on any atom is 0.322 e. The number of ether oxygens (including phenoxy) is 1. The van der Waals surface area contributed by atoms with E-state index in [0.717, 1.165) is 0 Å².